The van der Waals surface area contributed by atoms with Crippen LogP contribution in [-0.2, 0) is 9.47 Å². The van der Waals surface area contributed by atoms with Gasteiger partial charge in [0.2, 0.25) is 0 Å². The second kappa shape index (κ2) is 4.71. The van der Waals surface area contributed by atoms with E-state index in [1.54, 1.807) is 6.92 Å². The van der Waals surface area contributed by atoms with E-state index in [9.17, 15) is 14.7 Å². The van der Waals surface area contributed by atoms with Crippen LogP contribution in [0.5, 0.6) is 0 Å². The Morgan fingerprint density at radius 1 is 1.67 bits per heavy atom. The van der Waals surface area contributed by atoms with E-state index >= 15 is 0 Å². The van der Waals surface area contributed by atoms with Crippen molar-refractivity contribution in [2.45, 2.75) is 30.9 Å². The van der Waals surface area contributed by atoms with Crippen molar-refractivity contribution in [3.63, 3.8) is 0 Å². The number of aliphatic hydroxyl groups is 1. The molecule has 1 aromatic heterocycles. The standard InChI is InChI=1S/C11H13N5O5/c1-5-2-16(10(19)13-8(5)18)9-6-7(14-15-12)11(3-17,21-9)4-20-6/h2,6-7,9,17H,3-4H2,1H3,(H,13,18,19)/t6-,7?,9+,11+/m0/s1. The predicted molar refractivity (Wildman–Crippen MR) is 68.7 cm³/mol. The normalized spacial score (nSPS) is 33.9. The van der Waals surface area contributed by atoms with E-state index in [0.29, 0.717) is 5.56 Å². The number of hydrogen-bond acceptors (Lipinski definition) is 6. The lowest BCUT2D eigenvalue weighted by Gasteiger charge is -2.30. The van der Waals surface area contributed by atoms with Crippen molar-refractivity contribution in [1.29, 1.82) is 0 Å². The first kappa shape index (κ1) is 13.8. The highest BCUT2D eigenvalue weighted by Crippen LogP contribution is 2.45. The number of hydrogen-bond donors (Lipinski definition) is 2. The van der Waals surface area contributed by atoms with Gasteiger partial charge in [-0.3, -0.25) is 14.3 Å². The Bertz CT molecular complexity index is 735. The molecule has 3 rings (SSSR count). The number of ether oxygens (including phenoxy) is 2. The van der Waals surface area contributed by atoms with E-state index in [0.717, 1.165) is 0 Å². The second-order valence-corrected chi connectivity index (χ2v) is 5.14. The molecule has 2 aliphatic heterocycles. The Hall–Kier alpha value is -2.13. The van der Waals surface area contributed by atoms with Gasteiger partial charge in [0, 0.05) is 16.7 Å². The van der Waals surface area contributed by atoms with Crippen molar-refractivity contribution in [2.24, 2.45) is 5.11 Å². The first-order chi connectivity index (χ1) is 10.0. The van der Waals surface area contributed by atoms with Gasteiger partial charge in [0.05, 0.1) is 13.2 Å². The van der Waals surface area contributed by atoms with Crippen LogP contribution in [0.2, 0.25) is 0 Å². The Kier molecular flexibility index (Phi) is 3.10. The molecule has 112 valence electrons. The number of nitrogens with one attached hydrogen (secondary N) is 1. The van der Waals surface area contributed by atoms with Crippen LogP contribution in [0.25, 0.3) is 10.4 Å². The summed E-state index contributed by atoms with van der Waals surface area (Å²) in [5.74, 6) is 0. The molecule has 0 amide bonds. The molecule has 4 atom stereocenters. The number of aliphatic hydroxyl groups excluding tert-OH is 1. The maximum atomic E-state index is 11.9. The van der Waals surface area contributed by atoms with Gasteiger partial charge in [0.15, 0.2) is 6.23 Å². The van der Waals surface area contributed by atoms with Crippen molar-refractivity contribution >= 4 is 0 Å². The number of aromatic amines is 1. The smallest absolute Gasteiger partial charge is 0.330 e. The third-order valence-electron chi connectivity index (χ3n) is 3.87. The van der Waals surface area contributed by atoms with E-state index in [2.05, 4.69) is 15.0 Å². The first-order valence-electron chi connectivity index (χ1n) is 6.29. The number of H-pyrrole nitrogens is 1. The molecule has 2 N–H and O–H groups in total. The molecule has 1 unspecified atom stereocenters. The minimum absolute atomic E-state index is 0.0748. The van der Waals surface area contributed by atoms with E-state index in [1.807, 2.05) is 0 Å². The largest absolute Gasteiger partial charge is 0.393 e. The fraction of sp³-hybridized carbons (Fsp3) is 0.636. The molecule has 2 fully saturated rings. The van der Waals surface area contributed by atoms with Gasteiger partial charge >= 0.3 is 5.69 Å². The third-order valence-corrected chi connectivity index (χ3v) is 3.87. The SMILES string of the molecule is Cc1cn([C@@H]2O[C@]3(CO)CO[C@H]2C3N=[N+]=[N-])c(=O)[nH]c1=O. The van der Waals surface area contributed by atoms with Gasteiger partial charge in [-0.25, -0.2) is 4.79 Å². The molecule has 2 saturated heterocycles. The van der Waals surface area contributed by atoms with Gasteiger partial charge in [-0.1, -0.05) is 5.11 Å². The highest BCUT2D eigenvalue weighted by molar-refractivity contribution is 5.12. The summed E-state index contributed by atoms with van der Waals surface area (Å²) in [7, 11) is 0. The van der Waals surface area contributed by atoms with Crippen molar-refractivity contribution < 1.29 is 14.6 Å². The Morgan fingerprint density at radius 3 is 3.10 bits per heavy atom. The maximum absolute atomic E-state index is 11.9. The van der Waals surface area contributed by atoms with Crippen LogP contribution in [0.15, 0.2) is 20.9 Å². The molecule has 0 aromatic carbocycles. The molecule has 0 radical (unpaired) electrons. The molecule has 2 aliphatic rings. The molecule has 0 aliphatic carbocycles. The fourth-order valence-corrected chi connectivity index (χ4v) is 2.76. The minimum atomic E-state index is -1.16. The molecule has 1 aromatic rings. The second-order valence-electron chi connectivity index (χ2n) is 5.14. The van der Waals surface area contributed by atoms with Gasteiger partial charge < -0.3 is 14.6 Å². The van der Waals surface area contributed by atoms with Crippen molar-refractivity contribution in [3.05, 3.63) is 43.0 Å². The molecule has 2 bridgehead atoms. The van der Waals surface area contributed by atoms with Crippen molar-refractivity contribution in [3.8, 4) is 0 Å². The summed E-state index contributed by atoms with van der Waals surface area (Å²) in [6.07, 6.45) is -0.214. The summed E-state index contributed by atoms with van der Waals surface area (Å²) >= 11 is 0. The maximum Gasteiger partial charge on any atom is 0.330 e. The van der Waals surface area contributed by atoms with E-state index in [4.69, 9.17) is 15.0 Å². The van der Waals surface area contributed by atoms with Crippen LogP contribution in [-0.4, -0.2) is 45.6 Å². The van der Waals surface area contributed by atoms with Crippen LogP contribution in [0.1, 0.15) is 11.8 Å². The lowest BCUT2D eigenvalue weighted by molar-refractivity contribution is -0.185. The quantitative estimate of drug-likeness (QED) is 0.425. The summed E-state index contributed by atoms with van der Waals surface area (Å²) in [6, 6.07) is -0.739. The van der Waals surface area contributed by atoms with Gasteiger partial charge in [-0.15, -0.1) is 0 Å². The Labute approximate surface area is 117 Å². The summed E-state index contributed by atoms with van der Waals surface area (Å²) < 4.78 is 12.4. The average molecular weight is 295 g/mol. The molecule has 3 heterocycles. The van der Waals surface area contributed by atoms with E-state index in [1.165, 1.54) is 10.8 Å². The van der Waals surface area contributed by atoms with Gasteiger partial charge in [0.25, 0.3) is 5.56 Å². The summed E-state index contributed by atoms with van der Waals surface area (Å²) in [6.45, 7) is 1.22. The van der Waals surface area contributed by atoms with Crippen LogP contribution < -0.4 is 11.2 Å². The van der Waals surface area contributed by atoms with Gasteiger partial charge in [0.1, 0.15) is 17.7 Å². The van der Waals surface area contributed by atoms with Gasteiger partial charge in [-0.2, -0.15) is 0 Å². The zero-order chi connectivity index (χ0) is 15.2. The highest BCUT2D eigenvalue weighted by atomic mass is 16.6. The summed E-state index contributed by atoms with van der Waals surface area (Å²) in [5, 5.41) is 13.2. The number of aryl methyl sites for hydroxylation is 1. The van der Waals surface area contributed by atoms with Crippen LogP contribution >= 0.6 is 0 Å². The molecule has 10 heteroatoms. The van der Waals surface area contributed by atoms with Crippen LogP contribution in [0.4, 0.5) is 0 Å². The van der Waals surface area contributed by atoms with Crippen LogP contribution in [0, 0.1) is 6.92 Å². The highest BCUT2D eigenvalue weighted by Gasteiger charge is 2.61. The molecule has 21 heavy (non-hydrogen) atoms. The Morgan fingerprint density at radius 2 is 2.43 bits per heavy atom. The first-order valence-corrected chi connectivity index (χ1v) is 6.29. The number of azide groups is 1. The van der Waals surface area contributed by atoms with Crippen molar-refractivity contribution in [2.75, 3.05) is 13.2 Å². The zero-order valence-corrected chi connectivity index (χ0v) is 11.1. The number of rotatable bonds is 3. The fourth-order valence-electron chi connectivity index (χ4n) is 2.76. The van der Waals surface area contributed by atoms with Crippen molar-refractivity contribution in [1.82, 2.24) is 9.55 Å². The molecular formula is C11H13N5O5. The lowest BCUT2D eigenvalue weighted by Crippen LogP contribution is -2.44. The summed E-state index contributed by atoms with van der Waals surface area (Å²) in [4.78, 5) is 28.2. The van der Waals surface area contributed by atoms with Gasteiger partial charge in [-0.05, 0) is 12.5 Å². The summed E-state index contributed by atoms with van der Waals surface area (Å²) in [5.41, 5.74) is 6.68. The van der Waals surface area contributed by atoms with E-state index < -0.39 is 41.8 Å². The molecule has 10 nitrogen and oxygen atoms in total. The average Bonchev–Trinajstić information content (AvgIpc) is 2.96. The van der Waals surface area contributed by atoms with Crippen LogP contribution in [0.3, 0.4) is 0 Å². The number of aromatic nitrogens is 2. The number of fused-ring (bicyclic) bond motifs is 2. The minimum Gasteiger partial charge on any atom is -0.393 e. The lowest BCUT2D eigenvalue weighted by atomic mass is 9.98. The predicted octanol–water partition coefficient (Wildman–Crippen LogP) is -0.817. The topological polar surface area (TPSA) is 142 Å². The van der Waals surface area contributed by atoms with E-state index in [-0.39, 0.29) is 6.61 Å². The molecule has 0 saturated carbocycles. The third kappa shape index (κ3) is 1.88. The number of nitrogens with zero attached hydrogens (tertiary/aromatic N) is 4. The molecule has 0 spiro atoms. The zero-order valence-electron chi connectivity index (χ0n) is 11.1. The molecular weight excluding hydrogens is 282 g/mol. The monoisotopic (exact) mass is 295 g/mol. The Balaban J connectivity index is 2.07.